The number of likely N-dealkylation sites (N-methyl/N-ethyl adjacent to an activating group) is 1. The van der Waals surface area contributed by atoms with Crippen LogP contribution in [0.1, 0.15) is 6.42 Å². The lowest BCUT2D eigenvalue weighted by Crippen LogP contribution is -2.32. The van der Waals surface area contributed by atoms with Crippen molar-refractivity contribution in [1.82, 2.24) is 9.80 Å². The minimum Gasteiger partial charge on any atom is -0.305 e. The SMILES string of the molecule is CN(C)C1CCN(CC=O)C1. The molecule has 1 aliphatic heterocycles. The lowest BCUT2D eigenvalue weighted by Gasteiger charge is -2.18. The molecule has 0 bridgehead atoms. The van der Waals surface area contributed by atoms with E-state index in [1.165, 1.54) is 6.42 Å². The van der Waals surface area contributed by atoms with Gasteiger partial charge >= 0.3 is 0 Å². The summed E-state index contributed by atoms with van der Waals surface area (Å²) in [5, 5.41) is 0. The van der Waals surface area contributed by atoms with E-state index in [0.29, 0.717) is 12.6 Å². The Morgan fingerprint density at radius 3 is 2.82 bits per heavy atom. The van der Waals surface area contributed by atoms with Gasteiger partial charge in [-0.2, -0.15) is 0 Å². The molecule has 3 heteroatoms. The van der Waals surface area contributed by atoms with E-state index >= 15 is 0 Å². The minimum atomic E-state index is 0.602. The lowest BCUT2D eigenvalue weighted by atomic mass is 10.2. The molecule has 3 nitrogen and oxygen atoms in total. The summed E-state index contributed by atoms with van der Waals surface area (Å²) in [6.45, 7) is 2.72. The van der Waals surface area contributed by atoms with E-state index in [1.807, 2.05) is 0 Å². The van der Waals surface area contributed by atoms with Gasteiger partial charge in [0.1, 0.15) is 6.29 Å². The highest BCUT2D eigenvalue weighted by molar-refractivity contribution is 5.52. The zero-order chi connectivity index (χ0) is 8.27. The third-order valence-electron chi connectivity index (χ3n) is 2.31. The molecule has 0 aromatic rings. The van der Waals surface area contributed by atoms with Crippen molar-refractivity contribution in [3.8, 4) is 0 Å². The molecule has 0 spiro atoms. The highest BCUT2D eigenvalue weighted by Gasteiger charge is 2.22. The Morgan fingerprint density at radius 2 is 2.36 bits per heavy atom. The molecule has 0 aromatic heterocycles. The molecule has 64 valence electrons. The molecule has 0 amide bonds. The van der Waals surface area contributed by atoms with Gasteiger partial charge in [0.25, 0.3) is 0 Å². The van der Waals surface area contributed by atoms with Crippen molar-refractivity contribution >= 4 is 6.29 Å². The van der Waals surface area contributed by atoms with E-state index in [9.17, 15) is 4.79 Å². The van der Waals surface area contributed by atoms with E-state index in [4.69, 9.17) is 0 Å². The van der Waals surface area contributed by atoms with Gasteiger partial charge in [-0.3, -0.25) is 4.90 Å². The molecule has 1 fully saturated rings. The van der Waals surface area contributed by atoms with Crippen LogP contribution in [0.15, 0.2) is 0 Å². The minimum absolute atomic E-state index is 0.602. The van der Waals surface area contributed by atoms with Crippen LogP contribution in [0, 0.1) is 0 Å². The topological polar surface area (TPSA) is 23.6 Å². The van der Waals surface area contributed by atoms with E-state index in [2.05, 4.69) is 23.9 Å². The van der Waals surface area contributed by atoms with Crippen molar-refractivity contribution in [2.75, 3.05) is 33.7 Å². The molecule has 11 heavy (non-hydrogen) atoms. The smallest absolute Gasteiger partial charge is 0.133 e. The molecule has 1 heterocycles. The van der Waals surface area contributed by atoms with Crippen LogP contribution in [0.25, 0.3) is 0 Å². The summed E-state index contributed by atoms with van der Waals surface area (Å²) in [5.41, 5.74) is 0. The first-order valence-electron chi connectivity index (χ1n) is 4.06. The zero-order valence-corrected chi connectivity index (χ0v) is 7.29. The van der Waals surface area contributed by atoms with Crippen LogP contribution in [0.5, 0.6) is 0 Å². The van der Waals surface area contributed by atoms with Crippen molar-refractivity contribution in [3.63, 3.8) is 0 Å². The second-order valence-electron chi connectivity index (χ2n) is 3.33. The highest BCUT2D eigenvalue weighted by Crippen LogP contribution is 2.11. The monoisotopic (exact) mass is 156 g/mol. The molecule has 0 radical (unpaired) electrons. The van der Waals surface area contributed by atoms with E-state index in [-0.39, 0.29) is 0 Å². The van der Waals surface area contributed by atoms with Gasteiger partial charge in [0.15, 0.2) is 0 Å². The van der Waals surface area contributed by atoms with Crippen molar-refractivity contribution in [2.45, 2.75) is 12.5 Å². The molecular formula is C8H16N2O. The second-order valence-corrected chi connectivity index (χ2v) is 3.33. The molecule has 0 saturated carbocycles. The predicted octanol–water partition coefficient (Wildman–Crippen LogP) is -0.179. The molecule has 1 unspecified atom stereocenters. The van der Waals surface area contributed by atoms with Crippen LogP contribution >= 0.6 is 0 Å². The fourth-order valence-electron chi connectivity index (χ4n) is 1.50. The zero-order valence-electron chi connectivity index (χ0n) is 7.29. The number of aldehydes is 1. The summed E-state index contributed by atoms with van der Waals surface area (Å²) in [4.78, 5) is 14.6. The van der Waals surface area contributed by atoms with E-state index in [0.717, 1.165) is 19.4 Å². The molecule has 1 rings (SSSR count). The number of carbonyl (C=O) groups excluding carboxylic acids is 1. The molecule has 1 saturated heterocycles. The van der Waals surface area contributed by atoms with Gasteiger partial charge in [-0.25, -0.2) is 0 Å². The maximum absolute atomic E-state index is 10.2. The molecular weight excluding hydrogens is 140 g/mol. The highest BCUT2D eigenvalue weighted by atomic mass is 16.1. The first kappa shape index (κ1) is 8.68. The fraction of sp³-hybridized carbons (Fsp3) is 0.875. The fourth-order valence-corrected chi connectivity index (χ4v) is 1.50. The van der Waals surface area contributed by atoms with Crippen molar-refractivity contribution in [3.05, 3.63) is 0 Å². The Bertz CT molecular complexity index is 136. The number of likely N-dealkylation sites (tertiary alicyclic amines) is 1. The lowest BCUT2D eigenvalue weighted by molar-refractivity contribution is -0.108. The Hall–Kier alpha value is -0.410. The average molecular weight is 156 g/mol. The van der Waals surface area contributed by atoms with E-state index in [1.54, 1.807) is 0 Å². The molecule has 1 atom stereocenters. The van der Waals surface area contributed by atoms with Gasteiger partial charge in [-0.1, -0.05) is 0 Å². The maximum Gasteiger partial charge on any atom is 0.133 e. The van der Waals surface area contributed by atoms with Crippen LogP contribution in [0.4, 0.5) is 0 Å². The Morgan fingerprint density at radius 1 is 1.64 bits per heavy atom. The van der Waals surface area contributed by atoms with Crippen LogP contribution in [-0.2, 0) is 4.79 Å². The molecule has 0 N–H and O–H groups in total. The Kier molecular flexibility index (Phi) is 3.02. The van der Waals surface area contributed by atoms with Gasteiger partial charge in [0.2, 0.25) is 0 Å². The van der Waals surface area contributed by atoms with Crippen LogP contribution in [0.2, 0.25) is 0 Å². The number of rotatable bonds is 3. The third-order valence-corrected chi connectivity index (χ3v) is 2.31. The average Bonchev–Trinajstić information content (AvgIpc) is 2.37. The summed E-state index contributed by atoms with van der Waals surface area (Å²) in [6, 6.07) is 0.648. The summed E-state index contributed by atoms with van der Waals surface area (Å²) in [6.07, 6.45) is 2.18. The van der Waals surface area contributed by atoms with Crippen molar-refractivity contribution in [1.29, 1.82) is 0 Å². The first-order valence-corrected chi connectivity index (χ1v) is 4.06. The van der Waals surface area contributed by atoms with Crippen LogP contribution < -0.4 is 0 Å². The standard InChI is InChI=1S/C8H16N2O/c1-9(2)8-3-4-10(7-8)5-6-11/h6,8H,3-5,7H2,1-2H3. The van der Waals surface area contributed by atoms with Gasteiger partial charge in [-0.05, 0) is 20.5 Å². The maximum atomic E-state index is 10.2. The van der Waals surface area contributed by atoms with Gasteiger partial charge < -0.3 is 9.69 Å². The number of hydrogen-bond donors (Lipinski definition) is 0. The molecule has 0 aliphatic carbocycles. The number of carbonyl (C=O) groups is 1. The predicted molar refractivity (Wildman–Crippen MR) is 44.6 cm³/mol. The number of hydrogen-bond acceptors (Lipinski definition) is 3. The summed E-state index contributed by atoms with van der Waals surface area (Å²) in [5.74, 6) is 0. The van der Waals surface area contributed by atoms with Crippen molar-refractivity contribution < 1.29 is 4.79 Å². The summed E-state index contributed by atoms with van der Waals surface area (Å²) >= 11 is 0. The summed E-state index contributed by atoms with van der Waals surface area (Å²) < 4.78 is 0. The normalized spacial score (nSPS) is 26.3. The quantitative estimate of drug-likeness (QED) is 0.530. The van der Waals surface area contributed by atoms with Crippen LogP contribution in [0.3, 0.4) is 0 Å². The van der Waals surface area contributed by atoms with Gasteiger partial charge in [0.05, 0.1) is 6.54 Å². The Labute approximate surface area is 68.0 Å². The Balaban J connectivity index is 2.28. The van der Waals surface area contributed by atoms with Gasteiger partial charge in [-0.15, -0.1) is 0 Å². The first-order chi connectivity index (χ1) is 5.24. The van der Waals surface area contributed by atoms with Crippen molar-refractivity contribution in [2.24, 2.45) is 0 Å². The third kappa shape index (κ3) is 2.27. The second kappa shape index (κ2) is 3.83. The molecule has 1 aliphatic rings. The van der Waals surface area contributed by atoms with E-state index < -0.39 is 0 Å². The number of nitrogens with zero attached hydrogens (tertiary/aromatic N) is 2. The van der Waals surface area contributed by atoms with Crippen LogP contribution in [-0.4, -0.2) is 55.9 Å². The van der Waals surface area contributed by atoms with Gasteiger partial charge in [0, 0.05) is 19.1 Å². The summed E-state index contributed by atoms with van der Waals surface area (Å²) in [7, 11) is 4.18. The largest absolute Gasteiger partial charge is 0.305 e. The molecule has 0 aromatic carbocycles.